The van der Waals surface area contributed by atoms with Crippen molar-refractivity contribution in [3.63, 3.8) is 0 Å². The SMILES string of the molecule is CCC1C(C)C1CC1CC(C)C2C(C)C12. The fourth-order valence-electron chi connectivity index (χ4n) is 5.26. The van der Waals surface area contributed by atoms with Gasteiger partial charge < -0.3 is 0 Å². The zero-order valence-corrected chi connectivity index (χ0v) is 10.7. The summed E-state index contributed by atoms with van der Waals surface area (Å²) in [5, 5.41) is 0. The highest BCUT2D eigenvalue weighted by molar-refractivity contribution is 5.08. The molecule has 0 heterocycles. The van der Waals surface area contributed by atoms with Crippen LogP contribution in [0.25, 0.3) is 0 Å². The fraction of sp³-hybridized carbons (Fsp3) is 1.00. The lowest BCUT2D eigenvalue weighted by Gasteiger charge is -2.15. The van der Waals surface area contributed by atoms with E-state index in [2.05, 4.69) is 27.7 Å². The molecule has 0 bridgehead atoms. The first-order valence-electron chi connectivity index (χ1n) is 7.15. The molecule has 0 heteroatoms. The molecule has 0 aliphatic heterocycles. The highest BCUT2D eigenvalue weighted by Crippen LogP contribution is 2.66. The van der Waals surface area contributed by atoms with Gasteiger partial charge in [-0.1, -0.05) is 34.1 Å². The first-order valence-corrected chi connectivity index (χ1v) is 7.15. The summed E-state index contributed by atoms with van der Waals surface area (Å²) in [5.74, 6) is 8.76. The Balaban J connectivity index is 1.57. The summed E-state index contributed by atoms with van der Waals surface area (Å²) in [5.41, 5.74) is 0. The lowest BCUT2D eigenvalue weighted by molar-refractivity contribution is 0.347. The largest absolute Gasteiger partial charge is 0.0651 e. The van der Waals surface area contributed by atoms with Crippen molar-refractivity contribution in [1.82, 2.24) is 0 Å². The Hall–Kier alpha value is 0. The van der Waals surface area contributed by atoms with Crippen molar-refractivity contribution in [2.24, 2.45) is 47.3 Å². The van der Waals surface area contributed by atoms with Crippen LogP contribution in [0.4, 0.5) is 0 Å². The maximum atomic E-state index is 2.49. The van der Waals surface area contributed by atoms with Crippen LogP contribution in [0.15, 0.2) is 0 Å². The third-order valence-electron chi connectivity index (χ3n) is 6.20. The Morgan fingerprint density at radius 3 is 2.13 bits per heavy atom. The summed E-state index contributed by atoms with van der Waals surface area (Å²) >= 11 is 0. The predicted molar refractivity (Wildman–Crippen MR) is 64.5 cm³/mol. The zero-order valence-electron chi connectivity index (χ0n) is 10.7. The number of fused-ring (bicyclic) bond motifs is 1. The maximum absolute atomic E-state index is 2.49. The van der Waals surface area contributed by atoms with Crippen molar-refractivity contribution >= 4 is 0 Å². The van der Waals surface area contributed by atoms with Gasteiger partial charge in [0.05, 0.1) is 0 Å². The van der Waals surface area contributed by atoms with Crippen LogP contribution in [0.5, 0.6) is 0 Å². The Morgan fingerprint density at radius 1 is 0.933 bits per heavy atom. The molecule has 3 fully saturated rings. The van der Waals surface area contributed by atoms with Gasteiger partial charge in [-0.25, -0.2) is 0 Å². The molecular formula is C15H26. The van der Waals surface area contributed by atoms with Gasteiger partial charge in [-0.15, -0.1) is 0 Å². The average Bonchev–Trinajstić information content (AvgIpc) is 2.97. The molecule has 0 saturated heterocycles. The first-order chi connectivity index (χ1) is 7.15. The van der Waals surface area contributed by atoms with Crippen LogP contribution in [-0.2, 0) is 0 Å². The second kappa shape index (κ2) is 3.25. The van der Waals surface area contributed by atoms with Gasteiger partial charge in [0, 0.05) is 0 Å². The van der Waals surface area contributed by atoms with Crippen molar-refractivity contribution in [1.29, 1.82) is 0 Å². The van der Waals surface area contributed by atoms with Gasteiger partial charge in [0.1, 0.15) is 0 Å². The molecule has 15 heavy (non-hydrogen) atoms. The molecule has 0 nitrogen and oxygen atoms in total. The summed E-state index contributed by atoms with van der Waals surface area (Å²) in [6.07, 6.45) is 4.56. The molecule has 86 valence electrons. The van der Waals surface area contributed by atoms with E-state index in [1.165, 1.54) is 6.42 Å². The molecule has 8 unspecified atom stereocenters. The minimum absolute atomic E-state index is 1.05. The van der Waals surface area contributed by atoms with Crippen molar-refractivity contribution in [2.75, 3.05) is 0 Å². The van der Waals surface area contributed by atoms with E-state index in [1.54, 1.807) is 12.8 Å². The normalized spacial score (nSPS) is 61.6. The molecule has 0 spiro atoms. The average molecular weight is 206 g/mol. The van der Waals surface area contributed by atoms with Crippen molar-refractivity contribution in [3.8, 4) is 0 Å². The van der Waals surface area contributed by atoms with Gasteiger partial charge in [0.2, 0.25) is 0 Å². The van der Waals surface area contributed by atoms with E-state index >= 15 is 0 Å². The summed E-state index contributed by atoms with van der Waals surface area (Å²) in [7, 11) is 0. The van der Waals surface area contributed by atoms with Crippen LogP contribution in [-0.4, -0.2) is 0 Å². The van der Waals surface area contributed by atoms with E-state index in [-0.39, 0.29) is 0 Å². The van der Waals surface area contributed by atoms with Gasteiger partial charge in [0.25, 0.3) is 0 Å². The number of rotatable bonds is 3. The van der Waals surface area contributed by atoms with E-state index in [1.807, 2.05) is 0 Å². The van der Waals surface area contributed by atoms with Crippen LogP contribution >= 0.6 is 0 Å². The lowest BCUT2D eigenvalue weighted by atomic mass is 9.90. The predicted octanol–water partition coefficient (Wildman–Crippen LogP) is 4.21. The highest BCUT2D eigenvalue weighted by Gasteiger charge is 2.60. The van der Waals surface area contributed by atoms with Crippen LogP contribution < -0.4 is 0 Å². The quantitative estimate of drug-likeness (QED) is 0.649. The van der Waals surface area contributed by atoms with E-state index in [0.717, 1.165) is 47.3 Å². The van der Waals surface area contributed by atoms with Gasteiger partial charge in [-0.3, -0.25) is 0 Å². The molecule has 0 aromatic rings. The monoisotopic (exact) mass is 206 g/mol. The van der Waals surface area contributed by atoms with Crippen LogP contribution in [0, 0.1) is 47.3 Å². The van der Waals surface area contributed by atoms with Gasteiger partial charge in [-0.2, -0.15) is 0 Å². The van der Waals surface area contributed by atoms with Gasteiger partial charge >= 0.3 is 0 Å². The summed E-state index contributed by atoms with van der Waals surface area (Å²) in [6.45, 7) is 9.84. The van der Waals surface area contributed by atoms with Crippen LogP contribution in [0.1, 0.15) is 47.0 Å². The minimum Gasteiger partial charge on any atom is -0.0651 e. The van der Waals surface area contributed by atoms with E-state index in [4.69, 9.17) is 0 Å². The Bertz CT molecular complexity index is 257. The molecule has 0 radical (unpaired) electrons. The summed E-state index contributed by atoms with van der Waals surface area (Å²) in [6, 6.07) is 0. The fourth-order valence-corrected chi connectivity index (χ4v) is 5.26. The van der Waals surface area contributed by atoms with Gasteiger partial charge in [-0.05, 0) is 60.2 Å². The molecular weight excluding hydrogens is 180 g/mol. The Labute approximate surface area is 94.8 Å². The zero-order chi connectivity index (χ0) is 10.7. The van der Waals surface area contributed by atoms with E-state index < -0.39 is 0 Å². The van der Waals surface area contributed by atoms with Crippen molar-refractivity contribution in [3.05, 3.63) is 0 Å². The van der Waals surface area contributed by atoms with Crippen molar-refractivity contribution in [2.45, 2.75) is 47.0 Å². The topological polar surface area (TPSA) is 0 Å². The molecule has 8 atom stereocenters. The third-order valence-corrected chi connectivity index (χ3v) is 6.20. The lowest BCUT2D eigenvalue weighted by Crippen LogP contribution is -2.06. The van der Waals surface area contributed by atoms with E-state index in [9.17, 15) is 0 Å². The first kappa shape index (κ1) is 10.2. The second-order valence-corrected chi connectivity index (χ2v) is 6.82. The minimum atomic E-state index is 1.05. The standard InChI is InChI=1S/C15H26/c1-5-12-9(3)13(12)7-11-6-8(2)14-10(4)15(11)14/h8-15H,5-7H2,1-4H3. The molecule has 3 rings (SSSR count). The maximum Gasteiger partial charge on any atom is -0.0323 e. The highest BCUT2D eigenvalue weighted by atomic mass is 14.6. The second-order valence-electron chi connectivity index (χ2n) is 6.82. The Kier molecular flexibility index (Phi) is 2.20. The van der Waals surface area contributed by atoms with E-state index in [0.29, 0.717) is 0 Å². The number of hydrogen-bond acceptors (Lipinski definition) is 0. The van der Waals surface area contributed by atoms with Crippen LogP contribution in [0.3, 0.4) is 0 Å². The molecule has 3 saturated carbocycles. The van der Waals surface area contributed by atoms with Crippen molar-refractivity contribution < 1.29 is 0 Å². The summed E-state index contributed by atoms with van der Waals surface area (Å²) in [4.78, 5) is 0. The smallest absolute Gasteiger partial charge is 0.0323 e. The van der Waals surface area contributed by atoms with Crippen LogP contribution in [0.2, 0.25) is 0 Å². The molecule has 0 N–H and O–H groups in total. The van der Waals surface area contributed by atoms with Gasteiger partial charge in [0.15, 0.2) is 0 Å². The third kappa shape index (κ3) is 1.40. The molecule has 0 aromatic carbocycles. The summed E-state index contributed by atoms with van der Waals surface area (Å²) < 4.78 is 0. The molecule has 0 aromatic heterocycles. The molecule has 3 aliphatic rings. The molecule has 3 aliphatic carbocycles. The Morgan fingerprint density at radius 2 is 1.67 bits per heavy atom. The number of hydrogen-bond donors (Lipinski definition) is 0. The molecule has 0 amide bonds.